The van der Waals surface area contributed by atoms with Crippen LogP contribution in [0.15, 0.2) is 54.6 Å². The van der Waals surface area contributed by atoms with E-state index in [0.29, 0.717) is 18.7 Å². The first-order chi connectivity index (χ1) is 11.2. The SMILES string of the molecule is OC[C@@H](Cc1ccc(O)cc1)NC[C@H](O)COc1ccccc1. The molecule has 0 bridgehead atoms. The van der Waals surface area contributed by atoms with Crippen LogP contribution in [0.2, 0.25) is 0 Å². The monoisotopic (exact) mass is 317 g/mol. The lowest BCUT2D eigenvalue weighted by molar-refractivity contribution is 0.0997. The van der Waals surface area contributed by atoms with E-state index in [1.54, 1.807) is 12.1 Å². The number of phenolic OH excluding ortho intramolecular Hbond substituents is 1. The van der Waals surface area contributed by atoms with E-state index in [-0.39, 0.29) is 25.0 Å². The van der Waals surface area contributed by atoms with Crippen molar-refractivity contribution in [3.8, 4) is 11.5 Å². The average Bonchev–Trinajstić information content (AvgIpc) is 2.59. The second-order valence-corrected chi connectivity index (χ2v) is 5.44. The molecule has 0 saturated carbocycles. The molecule has 5 nitrogen and oxygen atoms in total. The van der Waals surface area contributed by atoms with Crippen LogP contribution >= 0.6 is 0 Å². The maximum Gasteiger partial charge on any atom is 0.119 e. The lowest BCUT2D eigenvalue weighted by Gasteiger charge is -2.19. The Morgan fingerprint density at radius 1 is 1.00 bits per heavy atom. The smallest absolute Gasteiger partial charge is 0.119 e. The molecule has 0 radical (unpaired) electrons. The molecule has 0 unspecified atom stereocenters. The van der Waals surface area contributed by atoms with E-state index >= 15 is 0 Å². The molecule has 2 rings (SSSR count). The van der Waals surface area contributed by atoms with Gasteiger partial charge in [0, 0.05) is 12.6 Å². The minimum atomic E-state index is -0.663. The molecule has 0 saturated heterocycles. The average molecular weight is 317 g/mol. The maximum atomic E-state index is 9.96. The molecule has 2 atom stereocenters. The molecule has 2 aromatic rings. The largest absolute Gasteiger partial charge is 0.508 e. The van der Waals surface area contributed by atoms with Crippen LogP contribution in [0.3, 0.4) is 0 Å². The molecule has 2 aromatic carbocycles. The van der Waals surface area contributed by atoms with Crippen molar-refractivity contribution in [3.63, 3.8) is 0 Å². The Morgan fingerprint density at radius 3 is 2.35 bits per heavy atom. The number of nitrogens with one attached hydrogen (secondary N) is 1. The van der Waals surface area contributed by atoms with E-state index in [0.717, 1.165) is 5.56 Å². The normalized spacial score (nSPS) is 13.5. The summed E-state index contributed by atoms with van der Waals surface area (Å²) in [5.41, 5.74) is 1.00. The first-order valence-corrected chi connectivity index (χ1v) is 7.65. The van der Waals surface area contributed by atoms with Crippen LogP contribution in [0.4, 0.5) is 0 Å². The van der Waals surface area contributed by atoms with E-state index in [1.165, 1.54) is 0 Å². The van der Waals surface area contributed by atoms with Gasteiger partial charge in [-0.3, -0.25) is 0 Å². The quantitative estimate of drug-likeness (QED) is 0.561. The van der Waals surface area contributed by atoms with Gasteiger partial charge in [-0.1, -0.05) is 30.3 Å². The number of aliphatic hydroxyl groups is 2. The number of hydrogen-bond acceptors (Lipinski definition) is 5. The Balaban J connectivity index is 1.72. The minimum absolute atomic E-state index is 0.0346. The number of para-hydroxylation sites is 1. The zero-order valence-electron chi connectivity index (χ0n) is 12.9. The molecule has 23 heavy (non-hydrogen) atoms. The molecule has 0 aliphatic heterocycles. The third-order valence-corrected chi connectivity index (χ3v) is 3.47. The van der Waals surface area contributed by atoms with Gasteiger partial charge in [-0.15, -0.1) is 0 Å². The second-order valence-electron chi connectivity index (χ2n) is 5.44. The van der Waals surface area contributed by atoms with Gasteiger partial charge in [-0.05, 0) is 36.2 Å². The number of aliphatic hydroxyl groups excluding tert-OH is 2. The highest BCUT2D eigenvalue weighted by Crippen LogP contribution is 2.11. The van der Waals surface area contributed by atoms with Gasteiger partial charge in [-0.25, -0.2) is 0 Å². The first-order valence-electron chi connectivity index (χ1n) is 7.65. The van der Waals surface area contributed by atoms with E-state index in [2.05, 4.69) is 5.32 Å². The lowest BCUT2D eigenvalue weighted by Crippen LogP contribution is -2.41. The Labute approximate surface area is 136 Å². The molecule has 0 fully saturated rings. The zero-order chi connectivity index (χ0) is 16.5. The van der Waals surface area contributed by atoms with Crippen molar-refractivity contribution in [2.75, 3.05) is 19.8 Å². The summed E-state index contributed by atoms with van der Waals surface area (Å²) in [4.78, 5) is 0. The summed E-state index contributed by atoms with van der Waals surface area (Å²) in [6.45, 7) is 0.484. The Morgan fingerprint density at radius 2 is 1.70 bits per heavy atom. The van der Waals surface area contributed by atoms with Crippen LogP contribution < -0.4 is 10.1 Å². The summed E-state index contributed by atoms with van der Waals surface area (Å²) in [6.07, 6.45) is -0.0488. The Hall–Kier alpha value is -2.08. The van der Waals surface area contributed by atoms with Crippen molar-refractivity contribution in [2.24, 2.45) is 0 Å². The van der Waals surface area contributed by atoms with Crippen molar-refractivity contribution in [1.29, 1.82) is 0 Å². The van der Waals surface area contributed by atoms with Crippen LogP contribution in [-0.2, 0) is 6.42 Å². The molecule has 0 aliphatic carbocycles. The molecule has 0 spiro atoms. The van der Waals surface area contributed by atoms with Crippen LogP contribution in [0, 0.1) is 0 Å². The van der Waals surface area contributed by atoms with Crippen molar-refractivity contribution in [1.82, 2.24) is 5.32 Å². The van der Waals surface area contributed by atoms with Gasteiger partial charge in [0.1, 0.15) is 24.2 Å². The van der Waals surface area contributed by atoms with Gasteiger partial charge in [0.15, 0.2) is 0 Å². The molecular weight excluding hydrogens is 294 g/mol. The summed E-state index contributed by atoms with van der Waals surface area (Å²) in [7, 11) is 0. The van der Waals surface area contributed by atoms with Crippen LogP contribution in [0.5, 0.6) is 11.5 Å². The summed E-state index contributed by atoms with van der Waals surface area (Å²) in [5, 5.41) is 31.8. The van der Waals surface area contributed by atoms with Crippen molar-refractivity contribution < 1.29 is 20.1 Å². The van der Waals surface area contributed by atoms with Gasteiger partial charge in [-0.2, -0.15) is 0 Å². The molecule has 4 N–H and O–H groups in total. The highest BCUT2D eigenvalue weighted by atomic mass is 16.5. The van der Waals surface area contributed by atoms with Crippen LogP contribution in [0.1, 0.15) is 5.56 Å². The number of phenols is 1. The van der Waals surface area contributed by atoms with Gasteiger partial charge in [0.25, 0.3) is 0 Å². The lowest BCUT2D eigenvalue weighted by atomic mass is 10.1. The predicted octanol–water partition coefficient (Wildman–Crippen LogP) is 1.33. The summed E-state index contributed by atoms with van der Waals surface area (Å²) >= 11 is 0. The van der Waals surface area contributed by atoms with Gasteiger partial charge >= 0.3 is 0 Å². The van der Waals surface area contributed by atoms with Gasteiger partial charge in [0.2, 0.25) is 0 Å². The summed E-state index contributed by atoms with van der Waals surface area (Å²) < 4.78 is 5.48. The van der Waals surface area contributed by atoms with E-state index in [9.17, 15) is 15.3 Å². The Kier molecular flexibility index (Phi) is 6.87. The first kappa shape index (κ1) is 17.3. The van der Waals surface area contributed by atoms with Crippen LogP contribution in [-0.4, -0.2) is 47.2 Å². The molecule has 5 heteroatoms. The number of rotatable bonds is 9. The van der Waals surface area contributed by atoms with E-state index < -0.39 is 6.10 Å². The van der Waals surface area contributed by atoms with Crippen molar-refractivity contribution >= 4 is 0 Å². The molecule has 0 amide bonds. The predicted molar refractivity (Wildman–Crippen MR) is 88.6 cm³/mol. The summed E-state index contributed by atoms with van der Waals surface area (Å²) in [5.74, 6) is 0.935. The van der Waals surface area contributed by atoms with E-state index in [1.807, 2.05) is 42.5 Å². The maximum absolute atomic E-state index is 9.96. The molecule has 124 valence electrons. The fourth-order valence-electron chi connectivity index (χ4n) is 2.19. The molecular formula is C18H23NO4. The third-order valence-electron chi connectivity index (χ3n) is 3.47. The standard InChI is InChI=1S/C18H23NO4/c20-12-15(10-14-6-8-16(21)9-7-14)19-11-17(22)13-23-18-4-2-1-3-5-18/h1-9,15,17,19-22H,10-13H2/t15-,17+/m1/s1. The highest BCUT2D eigenvalue weighted by Gasteiger charge is 2.11. The number of benzene rings is 2. The van der Waals surface area contributed by atoms with Gasteiger partial charge in [0.05, 0.1) is 6.61 Å². The molecule has 0 aromatic heterocycles. The number of ether oxygens (including phenoxy) is 1. The summed E-state index contributed by atoms with van der Waals surface area (Å²) in [6, 6.07) is 16.0. The third kappa shape index (κ3) is 6.28. The van der Waals surface area contributed by atoms with E-state index in [4.69, 9.17) is 4.74 Å². The Bertz CT molecular complexity index is 559. The van der Waals surface area contributed by atoms with Crippen LogP contribution in [0.25, 0.3) is 0 Å². The fraction of sp³-hybridized carbons (Fsp3) is 0.333. The van der Waals surface area contributed by atoms with Crippen molar-refractivity contribution in [3.05, 3.63) is 60.2 Å². The van der Waals surface area contributed by atoms with Crippen molar-refractivity contribution in [2.45, 2.75) is 18.6 Å². The number of aromatic hydroxyl groups is 1. The second kappa shape index (κ2) is 9.15. The minimum Gasteiger partial charge on any atom is -0.508 e. The highest BCUT2D eigenvalue weighted by molar-refractivity contribution is 5.26. The van der Waals surface area contributed by atoms with Gasteiger partial charge < -0.3 is 25.4 Å². The fourth-order valence-corrected chi connectivity index (χ4v) is 2.19. The topological polar surface area (TPSA) is 82.0 Å². The zero-order valence-corrected chi connectivity index (χ0v) is 12.9. The molecule has 0 aliphatic rings. The number of hydrogen-bond donors (Lipinski definition) is 4. The molecule has 0 heterocycles.